The molecule has 1 unspecified atom stereocenters. The molecule has 6 nitrogen and oxygen atoms in total. The van der Waals surface area contributed by atoms with Crippen LogP contribution in [0.25, 0.3) is 22.0 Å². The summed E-state index contributed by atoms with van der Waals surface area (Å²) >= 11 is 6.54. The minimum Gasteiger partial charge on any atom is -0.385 e. The number of nitrogens with one attached hydrogen (secondary N) is 1. The number of rotatable bonds is 10. The molecule has 2 aromatic carbocycles. The lowest BCUT2D eigenvalue weighted by atomic mass is 9.94. The summed E-state index contributed by atoms with van der Waals surface area (Å²) in [5, 5.41) is 1.07. The van der Waals surface area contributed by atoms with Gasteiger partial charge in [0.2, 0.25) is 11.5 Å². The minimum absolute atomic E-state index is 0.118. The van der Waals surface area contributed by atoms with Crippen LogP contribution < -0.4 is 5.56 Å². The van der Waals surface area contributed by atoms with Crippen LogP contribution in [0.2, 0.25) is 5.02 Å². The van der Waals surface area contributed by atoms with E-state index in [1.165, 1.54) is 17.7 Å². The first-order valence-electron chi connectivity index (χ1n) is 14.0. The summed E-state index contributed by atoms with van der Waals surface area (Å²) in [7, 11) is 1.68. The van der Waals surface area contributed by atoms with Crippen molar-refractivity contribution in [2.75, 3.05) is 26.8 Å². The standard InChI is InChI=1S/C32H35ClFN3O3/c1-40-18-4-17-37-29(19-26-28(34)14-13-27(33)32(26)37)25-6-3-16-36(21-25)31(39)7-2-5-22-8-10-23(11-9-22)24-12-15-30(38)35-20-24/h8-15,19-20,25H,2-7,16-18,21H2,1H3,(H,35,38). The zero-order valence-corrected chi connectivity index (χ0v) is 23.6. The van der Waals surface area contributed by atoms with Crippen molar-refractivity contribution < 1.29 is 13.9 Å². The van der Waals surface area contributed by atoms with Crippen molar-refractivity contribution in [2.24, 2.45) is 0 Å². The number of aromatic amines is 1. The second-order valence-corrected chi connectivity index (χ2v) is 10.9. The van der Waals surface area contributed by atoms with Crippen LogP contribution in [0, 0.1) is 5.82 Å². The Morgan fingerprint density at radius 3 is 2.65 bits per heavy atom. The molecule has 0 saturated carbocycles. The number of likely N-dealkylation sites (tertiary alicyclic amines) is 1. The van der Waals surface area contributed by atoms with Gasteiger partial charge in [-0.25, -0.2) is 4.39 Å². The third-order valence-electron chi connectivity index (χ3n) is 7.84. The molecule has 3 heterocycles. The topological polar surface area (TPSA) is 67.3 Å². The molecule has 40 heavy (non-hydrogen) atoms. The predicted octanol–water partition coefficient (Wildman–Crippen LogP) is 6.55. The molecule has 1 aliphatic heterocycles. The van der Waals surface area contributed by atoms with E-state index >= 15 is 0 Å². The number of H-pyrrole nitrogens is 1. The van der Waals surface area contributed by atoms with Crippen LogP contribution in [0.5, 0.6) is 0 Å². The summed E-state index contributed by atoms with van der Waals surface area (Å²) in [5.41, 5.74) is 4.82. The van der Waals surface area contributed by atoms with E-state index < -0.39 is 0 Å². The first kappa shape index (κ1) is 28.1. The number of aryl methyl sites for hydroxylation is 2. The number of hydrogen-bond donors (Lipinski definition) is 1. The van der Waals surface area contributed by atoms with Gasteiger partial charge < -0.3 is 19.2 Å². The van der Waals surface area contributed by atoms with Crippen LogP contribution in [-0.4, -0.2) is 47.2 Å². The Bertz CT molecular complexity index is 1510. The number of ether oxygens (including phenoxy) is 1. The van der Waals surface area contributed by atoms with E-state index in [4.69, 9.17) is 16.3 Å². The second-order valence-electron chi connectivity index (χ2n) is 10.5. The highest BCUT2D eigenvalue weighted by molar-refractivity contribution is 6.35. The zero-order valence-electron chi connectivity index (χ0n) is 22.8. The van der Waals surface area contributed by atoms with E-state index in [0.717, 1.165) is 61.0 Å². The molecule has 2 aromatic heterocycles. The molecule has 0 spiro atoms. The summed E-state index contributed by atoms with van der Waals surface area (Å²) in [4.78, 5) is 29.2. The van der Waals surface area contributed by atoms with E-state index in [2.05, 4.69) is 21.7 Å². The number of methoxy groups -OCH3 is 1. The Balaban J connectivity index is 1.22. The van der Waals surface area contributed by atoms with Gasteiger partial charge in [-0.3, -0.25) is 9.59 Å². The van der Waals surface area contributed by atoms with Crippen molar-refractivity contribution in [3.05, 3.63) is 93.2 Å². The molecule has 8 heteroatoms. The fourth-order valence-corrected chi connectivity index (χ4v) is 6.04. The third kappa shape index (κ3) is 6.31. The molecule has 1 amide bonds. The zero-order chi connectivity index (χ0) is 28.1. The highest BCUT2D eigenvalue weighted by Crippen LogP contribution is 2.36. The van der Waals surface area contributed by atoms with E-state index in [0.29, 0.717) is 36.5 Å². The van der Waals surface area contributed by atoms with Gasteiger partial charge >= 0.3 is 0 Å². The molecule has 5 rings (SSSR count). The van der Waals surface area contributed by atoms with Gasteiger partial charge in [-0.15, -0.1) is 0 Å². The molecule has 1 saturated heterocycles. The second kappa shape index (κ2) is 12.8. The lowest BCUT2D eigenvalue weighted by Crippen LogP contribution is -2.39. The number of fused-ring (bicyclic) bond motifs is 1. The van der Waals surface area contributed by atoms with Gasteiger partial charge in [-0.2, -0.15) is 0 Å². The number of carbonyl (C=O) groups excluding carboxylic acids is 1. The number of piperidine rings is 1. The van der Waals surface area contributed by atoms with Crippen molar-refractivity contribution in [1.29, 1.82) is 0 Å². The van der Waals surface area contributed by atoms with Gasteiger partial charge in [0.1, 0.15) is 5.82 Å². The molecule has 210 valence electrons. The first-order valence-corrected chi connectivity index (χ1v) is 14.3. The molecular formula is C32H35ClFN3O3. The fraction of sp³-hybridized carbons (Fsp3) is 0.375. The van der Waals surface area contributed by atoms with Crippen LogP contribution in [0.3, 0.4) is 0 Å². The normalized spacial score (nSPS) is 15.6. The van der Waals surface area contributed by atoms with E-state index in [9.17, 15) is 14.0 Å². The molecule has 0 radical (unpaired) electrons. The van der Waals surface area contributed by atoms with Crippen LogP contribution >= 0.6 is 11.6 Å². The fourth-order valence-electron chi connectivity index (χ4n) is 5.77. The quantitative estimate of drug-likeness (QED) is 0.222. The monoisotopic (exact) mass is 563 g/mol. The molecular weight excluding hydrogens is 529 g/mol. The van der Waals surface area contributed by atoms with Crippen molar-refractivity contribution in [3.63, 3.8) is 0 Å². The highest BCUT2D eigenvalue weighted by Gasteiger charge is 2.28. The lowest BCUT2D eigenvalue weighted by Gasteiger charge is -2.33. The van der Waals surface area contributed by atoms with Gasteiger partial charge in [0.15, 0.2) is 0 Å². The smallest absolute Gasteiger partial charge is 0.247 e. The first-order chi connectivity index (χ1) is 19.4. The van der Waals surface area contributed by atoms with Gasteiger partial charge in [-0.05, 0) is 73.1 Å². The van der Waals surface area contributed by atoms with Crippen LogP contribution in [0.4, 0.5) is 4.39 Å². The van der Waals surface area contributed by atoms with Crippen LogP contribution in [-0.2, 0) is 22.5 Å². The van der Waals surface area contributed by atoms with Crippen molar-refractivity contribution >= 4 is 28.4 Å². The largest absolute Gasteiger partial charge is 0.385 e. The van der Waals surface area contributed by atoms with E-state index in [-0.39, 0.29) is 23.2 Å². The predicted molar refractivity (Wildman–Crippen MR) is 157 cm³/mol. The SMILES string of the molecule is COCCCn1c(C2CCCN(C(=O)CCCc3ccc(-c4ccc(=O)[nH]c4)cc3)C2)cc2c(F)ccc(Cl)c21. The average molecular weight is 564 g/mol. The third-order valence-corrected chi connectivity index (χ3v) is 8.14. The Hall–Kier alpha value is -3.42. The Labute approximate surface area is 238 Å². The van der Waals surface area contributed by atoms with Crippen molar-refractivity contribution in [3.8, 4) is 11.1 Å². The summed E-state index contributed by atoms with van der Waals surface area (Å²) in [5.74, 6) is 0.0195. The summed E-state index contributed by atoms with van der Waals surface area (Å²) < 4.78 is 22.1. The number of hydrogen-bond acceptors (Lipinski definition) is 3. The lowest BCUT2D eigenvalue weighted by molar-refractivity contribution is -0.132. The number of pyridine rings is 1. The van der Waals surface area contributed by atoms with Crippen LogP contribution in [0.15, 0.2) is 65.6 Å². The molecule has 0 bridgehead atoms. The van der Waals surface area contributed by atoms with Gasteiger partial charge in [0.05, 0.1) is 10.5 Å². The Morgan fingerprint density at radius 1 is 1.10 bits per heavy atom. The van der Waals surface area contributed by atoms with Crippen LogP contribution in [0.1, 0.15) is 49.3 Å². The number of aromatic nitrogens is 2. The number of nitrogens with zero attached hydrogens (tertiary/aromatic N) is 2. The average Bonchev–Trinajstić information content (AvgIpc) is 3.37. The minimum atomic E-state index is -0.276. The van der Waals surface area contributed by atoms with E-state index in [1.807, 2.05) is 29.2 Å². The maximum absolute atomic E-state index is 14.7. The molecule has 1 atom stereocenters. The van der Waals surface area contributed by atoms with Crippen molar-refractivity contribution in [2.45, 2.75) is 51.0 Å². The maximum atomic E-state index is 14.7. The van der Waals surface area contributed by atoms with Gasteiger partial charge in [0.25, 0.3) is 0 Å². The number of benzene rings is 2. The highest BCUT2D eigenvalue weighted by atomic mass is 35.5. The van der Waals surface area contributed by atoms with Gasteiger partial charge in [-0.1, -0.05) is 35.9 Å². The van der Waals surface area contributed by atoms with Gasteiger partial charge in [0, 0.05) is 69.0 Å². The molecule has 1 N–H and O–H groups in total. The summed E-state index contributed by atoms with van der Waals surface area (Å²) in [6.07, 6.45) is 6.46. The molecule has 1 aliphatic rings. The Morgan fingerprint density at radius 2 is 1.90 bits per heavy atom. The Kier molecular flexibility index (Phi) is 9.02. The molecule has 4 aromatic rings. The summed E-state index contributed by atoms with van der Waals surface area (Å²) in [6, 6.07) is 16.5. The molecule has 0 aliphatic carbocycles. The number of halogens is 2. The van der Waals surface area contributed by atoms with Crippen molar-refractivity contribution in [1.82, 2.24) is 14.5 Å². The molecule has 1 fully saturated rings. The maximum Gasteiger partial charge on any atom is 0.247 e. The number of amides is 1. The summed E-state index contributed by atoms with van der Waals surface area (Å²) in [6.45, 7) is 2.67. The van der Waals surface area contributed by atoms with E-state index in [1.54, 1.807) is 19.4 Å². The number of carbonyl (C=O) groups is 1.